The van der Waals surface area contributed by atoms with Crippen molar-refractivity contribution in [2.75, 3.05) is 0 Å². The third kappa shape index (κ3) is 3.80. The minimum absolute atomic E-state index is 0.248. The van der Waals surface area contributed by atoms with Crippen LogP contribution in [0.4, 0.5) is 0 Å². The quantitative estimate of drug-likeness (QED) is 0.664. The molecule has 16 heavy (non-hydrogen) atoms. The van der Waals surface area contributed by atoms with E-state index in [2.05, 4.69) is 31.2 Å². The lowest BCUT2D eigenvalue weighted by Crippen LogP contribution is -2.17. The van der Waals surface area contributed by atoms with Gasteiger partial charge in [0.1, 0.15) is 6.29 Å². The average molecular weight is 218 g/mol. The third-order valence-electron chi connectivity index (χ3n) is 2.88. The number of carbonyl (C=O) groups is 1. The molecule has 0 aromatic heterocycles. The molecule has 0 atom stereocenters. The molecule has 0 heterocycles. The predicted molar refractivity (Wildman–Crippen MR) is 68.6 cm³/mol. The zero-order valence-corrected chi connectivity index (χ0v) is 10.6. The van der Waals surface area contributed by atoms with Crippen LogP contribution >= 0.6 is 0 Å². The molecule has 0 aliphatic carbocycles. The van der Waals surface area contributed by atoms with Crippen LogP contribution in [0.2, 0.25) is 0 Å². The molecule has 0 radical (unpaired) electrons. The maximum Gasteiger partial charge on any atom is 0.125 e. The Labute approximate surface area is 98.9 Å². The van der Waals surface area contributed by atoms with Gasteiger partial charge in [0.25, 0.3) is 0 Å². The summed E-state index contributed by atoms with van der Waals surface area (Å²) in [6, 6.07) is 8.48. The first-order valence-corrected chi connectivity index (χ1v) is 6.12. The van der Waals surface area contributed by atoms with Gasteiger partial charge in [-0.2, -0.15) is 0 Å². The standard InChI is InChI=1S/C15H22O/c1-4-5-8-13-9-6-7-10-14(13)11-15(2,3)12-16/h6-7,9-10,12H,4-5,8,11H2,1-3H3. The highest BCUT2D eigenvalue weighted by atomic mass is 16.1. The van der Waals surface area contributed by atoms with Gasteiger partial charge >= 0.3 is 0 Å². The molecule has 0 unspecified atom stereocenters. The van der Waals surface area contributed by atoms with Crippen LogP contribution in [-0.4, -0.2) is 6.29 Å². The van der Waals surface area contributed by atoms with Gasteiger partial charge < -0.3 is 4.79 Å². The minimum atomic E-state index is -0.248. The first-order chi connectivity index (χ1) is 7.59. The van der Waals surface area contributed by atoms with Gasteiger partial charge in [-0.1, -0.05) is 51.5 Å². The summed E-state index contributed by atoms with van der Waals surface area (Å²) in [4.78, 5) is 11.0. The van der Waals surface area contributed by atoms with Crippen molar-refractivity contribution >= 4 is 6.29 Å². The molecule has 1 heteroatoms. The van der Waals surface area contributed by atoms with Gasteiger partial charge in [0, 0.05) is 5.41 Å². The lowest BCUT2D eigenvalue weighted by atomic mass is 9.85. The van der Waals surface area contributed by atoms with E-state index in [0.29, 0.717) is 0 Å². The smallest absolute Gasteiger partial charge is 0.125 e. The molecule has 0 bridgehead atoms. The summed E-state index contributed by atoms with van der Waals surface area (Å²) in [6.45, 7) is 6.20. The molecule has 0 N–H and O–H groups in total. The molecule has 0 aliphatic rings. The summed E-state index contributed by atoms with van der Waals surface area (Å²) in [5.74, 6) is 0. The lowest BCUT2D eigenvalue weighted by molar-refractivity contribution is -0.114. The zero-order valence-electron chi connectivity index (χ0n) is 10.6. The molecule has 0 saturated heterocycles. The number of rotatable bonds is 6. The topological polar surface area (TPSA) is 17.1 Å². The molecule has 0 spiro atoms. The van der Waals surface area contributed by atoms with Gasteiger partial charge in [0.2, 0.25) is 0 Å². The number of carbonyl (C=O) groups excluding carboxylic acids is 1. The summed E-state index contributed by atoms with van der Waals surface area (Å²) in [5, 5.41) is 0. The highest BCUT2D eigenvalue weighted by Gasteiger charge is 2.18. The second-order valence-corrected chi connectivity index (χ2v) is 5.16. The summed E-state index contributed by atoms with van der Waals surface area (Å²) in [6.07, 6.45) is 5.46. The van der Waals surface area contributed by atoms with Gasteiger partial charge in [0.15, 0.2) is 0 Å². The van der Waals surface area contributed by atoms with Crippen LogP contribution in [0.3, 0.4) is 0 Å². The van der Waals surface area contributed by atoms with E-state index in [1.165, 1.54) is 24.0 Å². The van der Waals surface area contributed by atoms with E-state index in [0.717, 1.165) is 19.1 Å². The summed E-state index contributed by atoms with van der Waals surface area (Å²) in [5.41, 5.74) is 2.48. The fourth-order valence-electron chi connectivity index (χ4n) is 1.87. The predicted octanol–water partition coefficient (Wildman–Crippen LogP) is 3.80. The SMILES string of the molecule is CCCCc1ccccc1CC(C)(C)C=O. The van der Waals surface area contributed by atoms with Crippen LogP contribution in [0.25, 0.3) is 0 Å². The molecule has 0 amide bonds. The Morgan fingerprint density at radius 3 is 2.38 bits per heavy atom. The Kier molecular flexibility index (Phi) is 4.72. The van der Waals surface area contributed by atoms with Gasteiger partial charge in [-0.05, 0) is 30.4 Å². The van der Waals surface area contributed by atoms with Crippen LogP contribution < -0.4 is 0 Å². The maximum atomic E-state index is 11.0. The first kappa shape index (κ1) is 13.0. The number of benzene rings is 1. The molecule has 1 nitrogen and oxygen atoms in total. The van der Waals surface area contributed by atoms with E-state index < -0.39 is 0 Å². The Hall–Kier alpha value is -1.11. The third-order valence-corrected chi connectivity index (χ3v) is 2.88. The summed E-state index contributed by atoms with van der Waals surface area (Å²) >= 11 is 0. The van der Waals surface area contributed by atoms with Crippen LogP contribution in [0.15, 0.2) is 24.3 Å². The monoisotopic (exact) mass is 218 g/mol. The Balaban J connectivity index is 2.82. The van der Waals surface area contributed by atoms with Crippen LogP contribution in [0, 0.1) is 5.41 Å². The second kappa shape index (κ2) is 5.83. The Morgan fingerprint density at radius 1 is 1.19 bits per heavy atom. The zero-order chi connectivity index (χ0) is 12.0. The average Bonchev–Trinajstić information content (AvgIpc) is 2.27. The summed E-state index contributed by atoms with van der Waals surface area (Å²) < 4.78 is 0. The highest BCUT2D eigenvalue weighted by molar-refractivity contribution is 5.59. The second-order valence-electron chi connectivity index (χ2n) is 5.16. The number of unbranched alkanes of at least 4 members (excludes halogenated alkanes) is 1. The van der Waals surface area contributed by atoms with Crippen LogP contribution in [-0.2, 0) is 17.6 Å². The molecule has 1 aromatic carbocycles. The molecular weight excluding hydrogens is 196 g/mol. The van der Waals surface area contributed by atoms with Gasteiger partial charge in [-0.25, -0.2) is 0 Å². The van der Waals surface area contributed by atoms with E-state index in [-0.39, 0.29) is 5.41 Å². The van der Waals surface area contributed by atoms with E-state index >= 15 is 0 Å². The number of hydrogen-bond donors (Lipinski definition) is 0. The van der Waals surface area contributed by atoms with Crippen molar-refractivity contribution in [2.45, 2.75) is 46.5 Å². The fraction of sp³-hybridized carbons (Fsp3) is 0.533. The summed E-state index contributed by atoms with van der Waals surface area (Å²) in [7, 11) is 0. The molecule has 0 fully saturated rings. The molecule has 0 aliphatic heterocycles. The molecule has 1 rings (SSSR count). The molecule has 1 aromatic rings. The van der Waals surface area contributed by atoms with Gasteiger partial charge in [0.05, 0.1) is 0 Å². The van der Waals surface area contributed by atoms with Crippen molar-refractivity contribution in [3.05, 3.63) is 35.4 Å². The maximum absolute atomic E-state index is 11.0. The molecular formula is C15H22O. The van der Waals surface area contributed by atoms with E-state index in [9.17, 15) is 4.79 Å². The number of aryl methyl sites for hydroxylation is 1. The number of aldehydes is 1. The van der Waals surface area contributed by atoms with Crippen LogP contribution in [0.5, 0.6) is 0 Å². The van der Waals surface area contributed by atoms with Gasteiger partial charge in [-0.3, -0.25) is 0 Å². The van der Waals surface area contributed by atoms with E-state index in [4.69, 9.17) is 0 Å². The van der Waals surface area contributed by atoms with Gasteiger partial charge in [-0.15, -0.1) is 0 Å². The first-order valence-electron chi connectivity index (χ1n) is 6.12. The van der Waals surface area contributed by atoms with Crippen molar-refractivity contribution in [1.29, 1.82) is 0 Å². The lowest BCUT2D eigenvalue weighted by Gasteiger charge is -2.19. The van der Waals surface area contributed by atoms with Crippen molar-refractivity contribution in [2.24, 2.45) is 5.41 Å². The normalized spacial score (nSPS) is 11.4. The van der Waals surface area contributed by atoms with Crippen molar-refractivity contribution in [3.8, 4) is 0 Å². The largest absolute Gasteiger partial charge is 0.303 e. The fourth-order valence-corrected chi connectivity index (χ4v) is 1.87. The number of hydrogen-bond acceptors (Lipinski definition) is 1. The Morgan fingerprint density at radius 2 is 1.81 bits per heavy atom. The van der Waals surface area contributed by atoms with E-state index in [1.54, 1.807) is 0 Å². The molecule has 88 valence electrons. The van der Waals surface area contributed by atoms with Crippen molar-refractivity contribution < 1.29 is 4.79 Å². The van der Waals surface area contributed by atoms with Crippen molar-refractivity contribution in [3.63, 3.8) is 0 Å². The highest BCUT2D eigenvalue weighted by Crippen LogP contribution is 2.22. The minimum Gasteiger partial charge on any atom is -0.303 e. The Bertz CT molecular complexity index is 339. The molecule has 0 saturated carbocycles. The van der Waals surface area contributed by atoms with Crippen LogP contribution in [0.1, 0.15) is 44.7 Å². The van der Waals surface area contributed by atoms with E-state index in [1.807, 2.05) is 13.8 Å². The van der Waals surface area contributed by atoms with Crippen molar-refractivity contribution in [1.82, 2.24) is 0 Å².